The lowest BCUT2D eigenvalue weighted by Crippen LogP contribution is -2.08. The van der Waals surface area contributed by atoms with Gasteiger partial charge in [-0.1, -0.05) is 114 Å². The Labute approximate surface area is 215 Å². The molecule has 1 N–H and O–H groups in total. The summed E-state index contributed by atoms with van der Waals surface area (Å²) < 4.78 is 6.05. The molecule has 0 atom stereocenters. The SMILES string of the molecule is CC/C=C(/OCCCCCCO)c1ccc(-c2ccc(C3CCC3)cc2)cc1.CCCCCCC. The lowest BCUT2D eigenvalue weighted by molar-refractivity contribution is 0.256. The van der Waals surface area contributed by atoms with Crippen LogP contribution in [0.5, 0.6) is 0 Å². The number of hydrogen-bond acceptors (Lipinski definition) is 2. The molecule has 1 fully saturated rings. The third-order valence-electron chi connectivity index (χ3n) is 6.90. The zero-order chi connectivity index (χ0) is 25.1. The van der Waals surface area contributed by atoms with Gasteiger partial charge in [0.2, 0.25) is 0 Å². The predicted molar refractivity (Wildman–Crippen MR) is 153 cm³/mol. The highest BCUT2D eigenvalue weighted by molar-refractivity contribution is 5.68. The molecular formula is C33H50O2. The van der Waals surface area contributed by atoms with Gasteiger partial charge in [-0.25, -0.2) is 0 Å². The maximum absolute atomic E-state index is 8.85. The molecule has 0 aliphatic heterocycles. The van der Waals surface area contributed by atoms with E-state index in [1.165, 1.54) is 68.1 Å². The van der Waals surface area contributed by atoms with E-state index in [1.807, 2.05) is 0 Å². The number of rotatable bonds is 15. The fraction of sp³-hybridized carbons (Fsp3) is 0.576. The summed E-state index contributed by atoms with van der Waals surface area (Å²) in [5.41, 5.74) is 5.17. The fourth-order valence-corrected chi connectivity index (χ4v) is 4.39. The smallest absolute Gasteiger partial charge is 0.122 e. The molecule has 0 heterocycles. The van der Waals surface area contributed by atoms with E-state index in [0.717, 1.165) is 56.0 Å². The molecule has 0 spiro atoms. The zero-order valence-electron chi connectivity index (χ0n) is 22.7. The van der Waals surface area contributed by atoms with E-state index in [0.29, 0.717) is 0 Å². The lowest BCUT2D eigenvalue weighted by atomic mass is 9.80. The summed E-state index contributed by atoms with van der Waals surface area (Å²) in [6.07, 6.45) is 18.3. The van der Waals surface area contributed by atoms with Crippen LogP contribution in [0.4, 0.5) is 0 Å². The van der Waals surface area contributed by atoms with Crippen LogP contribution < -0.4 is 0 Å². The monoisotopic (exact) mass is 478 g/mol. The second kappa shape index (κ2) is 18.2. The van der Waals surface area contributed by atoms with Gasteiger partial charge in [0.25, 0.3) is 0 Å². The molecule has 0 radical (unpaired) electrons. The third kappa shape index (κ3) is 11.0. The molecule has 1 saturated carbocycles. The number of unbranched alkanes of at least 4 members (excludes halogenated alkanes) is 7. The quantitative estimate of drug-likeness (QED) is 0.204. The lowest BCUT2D eigenvalue weighted by Gasteiger charge is -2.25. The highest BCUT2D eigenvalue weighted by atomic mass is 16.5. The van der Waals surface area contributed by atoms with Gasteiger partial charge in [-0.2, -0.15) is 0 Å². The van der Waals surface area contributed by atoms with Crippen LogP contribution in [0.15, 0.2) is 54.6 Å². The largest absolute Gasteiger partial charge is 0.493 e. The molecule has 194 valence electrons. The van der Waals surface area contributed by atoms with Crippen molar-refractivity contribution in [1.29, 1.82) is 0 Å². The van der Waals surface area contributed by atoms with E-state index in [1.54, 1.807) is 0 Å². The average molecular weight is 479 g/mol. The van der Waals surface area contributed by atoms with Gasteiger partial charge in [-0.15, -0.1) is 0 Å². The van der Waals surface area contributed by atoms with Crippen molar-refractivity contribution in [2.24, 2.45) is 0 Å². The predicted octanol–water partition coefficient (Wildman–Crippen LogP) is 9.92. The average Bonchev–Trinajstić information content (AvgIpc) is 2.86. The number of benzene rings is 2. The molecule has 0 unspecified atom stereocenters. The Morgan fingerprint density at radius 3 is 1.86 bits per heavy atom. The van der Waals surface area contributed by atoms with Crippen molar-refractivity contribution in [3.05, 3.63) is 65.7 Å². The van der Waals surface area contributed by atoms with Crippen LogP contribution in [-0.2, 0) is 4.74 Å². The normalized spacial score (nSPS) is 13.7. The van der Waals surface area contributed by atoms with Crippen LogP contribution in [0.25, 0.3) is 16.9 Å². The summed E-state index contributed by atoms with van der Waals surface area (Å²) in [4.78, 5) is 0. The Morgan fingerprint density at radius 1 is 0.771 bits per heavy atom. The van der Waals surface area contributed by atoms with Crippen LogP contribution in [-0.4, -0.2) is 18.3 Å². The molecule has 1 aliphatic carbocycles. The van der Waals surface area contributed by atoms with E-state index in [-0.39, 0.29) is 6.61 Å². The molecule has 3 rings (SSSR count). The number of aliphatic hydroxyl groups is 1. The summed E-state index contributed by atoms with van der Waals surface area (Å²) in [5.74, 6) is 1.77. The third-order valence-corrected chi connectivity index (χ3v) is 6.90. The fourth-order valence-electron chi connectivity index (χ4n) is 4.39. The molecule has 0 amide bonds. The van der Waals surface area contributed by atoms with Gasteiger partial charge in [0.15, 0.2) is 0 Å². The summed E-state index contributed by atoms with van der Waals surface area (Å²) in [5, 5.41) is 8.85. The summed E-state index contributed by atoms with van der Waals surface area (Å²) in [6.45, 7) is 7.66. The maximum atomic E-state index is 8.85. The standard InChI is InChI=1S/C26H34O2.C7H16/c1-2-8-26(28-20-6-4-3-5-19-27)25-17-15-24(16-18-25)23-13-11-22(12-14-23)21-9-7-10-21;1-3-5-7-6-4-2/h8,11-18,21,27H,2-7,9-10,19-20H2,1H3;3-7H2,1-2H3/b26-8+;. The van der Waals surface area contributed by atoms with Crippen molar-refractivity contribution in [3.8, 4) is 11.1 Å². The van der Waals surface area contributed by atoms with E-state index >= 15 is 0 Å². The molecule has 2 heteroatoms. The van der Waals surface area contributed by atoms with Gasteiger partial charge >= 0.3 is 0 Å². The minimum Gasteiger partial charge on any atom is -0.493 e. The van der Waals surface area contributed by atoms with Gasteiger partial charge < -0.3 is 9.84 Å². The molecular weight excluding hydrogens is 428 g/mol. The molecule has 2 nitrogen and oxygen atoms in total. The number of ether oxygens (including phenoxy) is 1. The van der Waals surface area contributed by atoms with E-state index < -0.39 is 0 Å². The van der Waals surface area contributed by atoms with Gasteiger partial charge in [-0.3, -0.25) is 0 Å². The number of hydrogen-bond donors (Lipinski definition) is 1. The topological polar surface area (TPSA) is 29.5 Å². The number of allylic oxidation sites excluding steroid dienone is 1. The van der Waals surface area contributed by atoms with Crippen LogP contribution in [0.3, 0.4) is 0 Å². The van der Waals surface area contributed by atoms with Crippen molar-refractivity contribution in [2.75, 3.05) is 13.2 Å². The van der Waals surface area contributed by atoms with Crippen LogP contribution in [0.1, 0.15) is 121 Å². The van der Waals surface area contributed by atoms with Crippen LogP contribution >= 0.6 is 0 Å². The van der Waals surface area contributed by atoms with Crippen LogP contribution in [0, 0.1) is 0 Å². The highest BCUT2D eigenvalue weighted by Gasteiger charge is 2.19. The minimum atomic E-state index is 0.289. The molecule has 0 bridgehead atoms. The van der Waals surface area contributed by atoms with Gasteiger partial charge in [-0.05, 0) is 67.2 Å². The van der Waals surface area contributed by atoms with Crippen LogP contribution in [0.2, 0.25) is 0 Å². The van der Waals surface area contributed by atoms with Gasteiger partial charge in [0.1, 0.15) is 5.76 Å². The van der Waals surface area contributed by atoms with Crippen molar-refractivity contribution in [2.45, 2.75) is 110 Å². The Balaban J connectivity index is 0.000000540. The van der Waals surface area contributed by atoms with Gasteiger partial charge in [0, 0.05) is 12.2 Å². The number of aliphatic hydroxyl groups excluding tert-OH is 1. The first kappa shape index (κ1) is 29.2. The minimum absolute atomic E-state index is 0.289. The first-order valence-corrected chi connectivity index (χ1v) is 14.4. The van der Waals surface area contributed by atoms with Gasteiger partial charge in [0.05, 0.1) is 6.61 Å². The summed E-state index contributed by atoms with van der Waals surface area (Å²) in [6, 6.07) is 17.8. The van der Waals surface area contributed by atoms with Crippen molar-refractivity contribution in [3.63, 3.8) is 0 Å². The Bertz CT molecular complexity index is 796. The maximum Gasteiger partial charge on any atom is 0.122 e. The first-order valence-electron chi connectivity index (χ1n) is 14.4. The molecule has 2 aromatic rings. The Morgan fingerprint density at radius 2 is 1.34 bits per heavy atom. The highest BCUT2D eigenvalue weighted by Crippen LogP contribution is 2.37. The van der Waals surface area contributed by atoms with E-state index in [4.69, 9.17) is 9.84 Å². The molecule has 2 aromatic carbocycles. The molecule has 1 aliphatic rings. The van der Waals surface area contributed by atoms with Crippen molar-refractivity contribution >= 4 is 5.76 Å². The Kier molecular flexibility index (Phi) is 15.2. The second-order valence-electron chi connectivity index (χ2n) is 9.85. The summed E-state index contributed by atoms with van der Waals surface area (Å²) in [7, 11) is 0. The van der Waals surface area contributed by atoms with Crippen molar-refractivity contribution in [1.82, 2.24) is 0 Å². The van der Waals surface area contributed by atoms with E-state index in [9.17, 15) is 0 Å². The van der Waals surface area contributed by atoms with E-state index in [2.05, 4.69) is 75.4 Å². The summed E-state index contributed by atoms with van der Waals surface area (Å²) >= 11 is 0. The molecule has 0 saturated heterocycles. The molecule has 0 aromatic heterocycles. The van der Waals surface area contributed by atoms with Crippen molar-refractivity contribution < 1.29 is 9.84 Å². The first-order chi connectivity index (χ1) is 17.2. The Hall–Kier alpha value is -2.06. The zero-order valence-corrected chi connectivity index (χ0v) is 22.7. The second-order valence-corrected chi connectivity index (χ2v) is 9.85. The molecule has 35 heavy (non-hydrogen) atoms.